The van der Waals surface area contributed by atoms with Gasteiger partial charge in [0.25, 0.3) is 0 Å². The summed E-state index contributed by atoms with van der Waals surface area (Å²) in [7, 11) is -3.25. The molecule has 0 bridgehead atoms. The molecule has 1 unspecified atom stereocenters. The van der Waals surface area contributed by atoms with E-state index in [0.717, 1.165) is 5.52 Å². The first kappa shape index (κ1) is 15.9. The van der Waals surface area contributed by atoms with Crippen LogP contribution in [0, 0.1) is 5.92 Å². The zero-order valence-electron chi connectivity index (χ0n) is 13.0. The number of sulfonamides is 1. The first-order valence-electron chi connectivity index (χ1n) is 7.72. The van der Waals surface area contributed by atoms with Gasteiger partial charge in [0.2, 0.25) is 15.9 Å². The molecule has 1 atom stereocenters. The van der Waals surface area contributed by atoms with Crippen LogP contribution in [0.2, 0.25) is 0 Å². The Hall–Kier alpha value is -1.93. The highest BCUT2D eigenvalue weighted by Crippen LogP contribution is 2.22. The summed E-state index contributed by atoms with van der Waals surface area (Å²) >= 11 is 0. The van der Waals surface area contributed by atoms with Gasteiger partial charge in [0.15, 0.2) is 0 Å². The number of carbonyl (C=O) groups excluding carboxylic acids is 1. The van der Waals surface area contributed by atoms with E-state index in [4.69, 9.17) is 0 Å². The largest absolute Gasteiger partial charge is 0.323 e. The second-order valence-corrected chi connectivity index (χ2v) is 7.93. The SMILES string of the molecule is CCS(=O)(=O)N1CCCC(C(=O)Nc2cnn3ccccc23)C1. The van der Waals surface area contributed by atoms with Crippen molar-refractivity contribution in [3.05, 3.63) is 30.6 Å². The Kier molecular flexibility index (Phi) is 4.36. The van der Waals surface area contributed by atoms with Crippen LogP contribution in [0.25, 0.3) is 5.52 Å². The lowest BCUT2D eigenvalue weighted by Crippen LogP contribution is -2.44. The van der Waals surface area contributed by atoms with Crippen molar-refractivity contribution < 1.29 is 13.2 Å². The fraction of sp³-hybridized carbons (Fsp3) is 0.467. The summed E-state index contributed by atoms with van der Waals surface area (Å²) in [5, 5.41) is 7.06. The van der Waals surface area contributed by atoms with Gasteiger partial charge in [-0.1, -0.05) is 6.07 Å². The molecule has 3 rings (SSSR count). The summed E-state index contributed by atoms with van der Waals surface area (Å²) in [4.78, 5) is 12.5. The Morgan fingerprint density at radius 3 is 3.04 bits per heavy atom. The number of pyridine rings is 1. The van der Waals surface area contributed by atoms with Crippen LogP contribution in [-0.4, -0.2) is 47.1 Å². The zero-order valence-corrected chi connectivity index (χ0v) is 13.8. The smallest absolute Gasteiger partial charge is 0.228 e. The minimum atomic E-state index is -3.25. The van der Waals surface area contributed by atoms with Gasteiger partial charge in [-0.15, -0.1) is 0 Å². The Morgan fingerprint density at radius 2 is 2.26 bits per heavy atom. The molecule has 1 N–H and O–H groups in total. The number of anilines is 1. The molecule has 2 aromatic heterocycles. The molecule has 0 radical (unpaired) electrons. The monoisotopic (exact) mass is 336 g/mol. The number of nitrogens with one attached hydrogen (secondary N) is 1. The fourth-order valence-electron chi connectivity index (χ4n) is 2.86. The van der Waals surface area contributed by atoms with Gasteiger partial charge in [0.1, 0.15) is 0 Å². The molecule has 0 aliphatic carbocycles. The summed E-state index contributed by atoms with van der Waals surface area (Å²) in [6, 6.07) is 5.61. The number of aromatic nitrogens is 2. The number of fused-ring (bicyclic) bond motifs is 1. The Balaban J connectivity index is 1.73. The normalized spacial score (nSPS) is 19.8. The third kappa shape index (κ3) is 3.23. The van der Waals surface area contributed by atoms with Crippen molar-refractivity contribution in [2.75, 3.05) is 24.2 Å². The first-order chi connectivity index (χ1) is 11.0. The topological polar surface area (TPSA) is 83.8 Å². The summed E-state index contributed by atoms with van der Waals surface area (Å²) in [6.45, 7) is 2.37. The third-order valence-corrected chi connectivity index (χ3v) is 6.05. The van der Waals surface area contributed by atoms with Gasteiger partial charge in [-0.25, -0.2) is 17.2 Å². The van der Waals surface area contributed by atoms with E-state index in [2.05, 4.69) is 10.4 Å². The van der Waals surface area contributed by atoms with E-state index in [0.29, 0.717) is 25.1 Å². The third-order valence-electron chi connectivity index (χ3n) is 4.20. The summed E-state index contributed by atoms with van der Waals surface area (Å²) in [5.74, 6) is -0.418. The van der Waals surface area contributed by atoms with Gasteiger partial charge in [-0.2, -0.15) is 5.10 Å². The minimum absolute atomic E-state index is 0.0649. The predicted molar refractivity (Wildman–Crippen MR) is 87.6 cm³/mol. The van der Waals surface area contributed by atoms with Gasteiger partial charge in [0.05, 0.1) is 29.1 Å². The number of amides is 1. The summed E-state index contributed by atoms with van der Waals surface area (Å²) < 4.78 is 27.1. The molecule has 1 aliphatic heterocycles. The highest BCUT2D eigenvalue weighted by molar-refractivity contribution is 7.89. The lowest BCUT2D eigenvalue weighted by Gasteiger charge is -2.30. The minimum Gasteiger partial charge on any atom is -0.323 e. The summed E-state index contributed by atoms with van der Waals surface area (Å²) in [5.41, 5.74) is 1.46. The molecule has 0 spiro atoms. The fourth-order valence-corrected chi connectivity index (χ4v) is 4.04. The highest BCUT2D eigenvalue weighted by Gasteiger charge is 2.31. The van der Waals surface area contributed by atoms with Crippen molar-refractivity contribution in [1.29, 1.82) is 0 Å². The highest BCUT2D eigenvalue weighted by atomic mass is 32.2. The molecule has 124 valence electrons. The van der Waals surface area contributed by atoms with Crippen LogP contribution in [0.1, 0.15) is 19.8 Å². The second kappa shape index (κ2) is 6.29. The Bertz CT molecular complexity index is 815. The molecule has 7 nitrogen and oxygen atoms in total. The first-order valence-corrected chi connectivity index (χ1v) is 9.33. The predicted octanol–water partition coefficient (Wildman–Crippen LogP) is 1.33. The van der Waals surface area contributed by atoms with E-state index in [1.807, 2.05) is 18.2 Å². The van der Waals surface area contributed by atoms with Crippen molar-refractivity contribution in [2.24, 2.45) is 5.92 Å². The van der Waals surface area contributed by atoms with Crippen molar-refractivity contribution in [3.63, 3.8) is 0 Å². The Morgan fingerprint density at radius 1 is 1.43 bits per heavy atom. The Labute approximate surface area is 135 Å². The molecule has 8 heteroatoms. The second-order valence-electron chi connectivity index (χ2n) is 5.68. The lowest BCUT2D eigenvalue weighted by atomic mass is 9.99. The van der Waals surface area contributed by atoms with Crippen LogP contribution in [0.3, 0.4) is 0 Å². The number of piperidine rings is 1. The number of nitrogens with zero attached hydrogens (tertiary/aromatic N) is 3. The standard InChI is InChI=1S/C15H20N4O3S/c1-2-23(21,22)18-8-5-6-12(11-18)15(20)17-13-10-16-19-9-4-3-7-14(13)19/h3-4,7,9-10,12H,2,5-6,8,11H2,1H3,(H,17,20). The van der Waals surface area contributed by atoms with Crippen molar-refractivity contribution in [3.8, 4) is 0 Å². The van der Waals surface area contributed by atoms with Crippen LogP contribution in [-0.2, 0) is 14.8 Å². The molecule has 1 aliphatic rings. The van der Waals surface area contributed by atoms with E-state index < -0.39 is 10.0 Å². The van der Waals surface area contributed by atoms with Crippen LogP contribution in [0.5, 0.6) is 0 Å². The molecular weight excluding hydrogens is 316 g/mol. The van der Waals surface area contributed by atoms with Crippen molar-refractivity contribution in [1.82, 2.24) is 13.9 Å². The van der Waals surface area contributed by atoms with Crippen LogP contribution in [0.4, 0.5) is 5.69 Å². The molecule has 1 amide bonds. The molecule has 23 heavy (non-hydrogen) atoms. The van der Waals surface area contributed by atoms with E-state index in [-0.39, 0.29) is 24.1 Å². The van der Waals surface area contributed by atoms with Gasteiger partial charge in [-0.3, -0.25) is 4.79 Å². The van der Waals surface area contributed by atoms with Gasteiger partial charge in [0, 0.05) is 19.3 Å². The zero-order chi connectivity index (χ0) is 16.4. The maximum absolute atomic E-state index is 12.5. The number of hydrogen-bond acceptors (Lipinski definition) is 4. The molecular formula is C15H20N4O3S. The van der Waals surface area contributed by atoms with Crippen molar-refractivity contribution >= 4 is 27.1 Å². The number of hydrogen-bond donors (Lipinski definition) is 1. The van der Waals surface area contributed by atoms with Gasteiger partial charge >= 0.3 is 0 Å². The quantitative estimate of drug-likeness (QED) is 0.913. The summed E-state index contributed by atoms with van der Waals surface area (Å²) in [6.07, 6.45) is 4.81. The molecule has 0 saturated carbocycles. The number of carbonyl (C=O) groups is 1. The van der Waals surface area contributed by atoms with Crippen LogP contribution in [0.15, 0.2) is 30.6 Å². The molecule has 0 aromatic carbocycles. The average Bonchev–Trinajstić information content (AvgIpc) is 2.98. The molecule has 1 fully saturated rings. The molecule has 2 aromatic rings. The van der Waals surface area contributed by atoms with Crippen LogP contribution >= 0.6 is 0 Å². The average molecular weight is 336 g/mol. The van der Waals surface area contributed by atoms with Crippen LogP contribution < -0.4 is 5.32 Å². The van der Waals surface area contributed by atoms with E-state index in [1.165, 1.54) is 4.31 Å². The maximum atomic E-state index is 12.5. The van der Waals surface area contributed by atoms with Gasteiger partial charge < -0.3 is 5.32 Å². The lowest BCUT2D eigenvalue weighted by molar-refractivity contribution is -0.120. The van der Waals surface area contributed by atoms with Gasteiger partial charge in [-0.05, 0) is 31.9 Å². The number of rotatable bonds is 4. The molecule has 1 saturated heterocycles. The maximum Gasteiger partial charge on any atom is 0.228 e. The van der Waals surface area contributed by atoms with E-state index in [1.54, 1.807) is 23.8 Å². The van der Waals surface area contributed by atoms with Crippen molar-refractivity contribution in [2.45, 2.75) is 19.8 Å². The van der Waals surface area contributed by atoms with E-state index in [9.17, 15) is 13.2 Å². The molecule has 3 heterocycles. The van der Waals surface area contributed by atoms with E-state index >= 15 is 0 Å².